The minimum absolute atomic E-state index is 0.698. The molecule has 2 fully saturated rings. The lowest BCUT2D eigenvalue weighted by Gasteiger charge is -2.15. The van der Waals surface area contributed by atoms with E-state index in [1.54, 1.807) is 7.11 Å². The third-order valence-electron chi connectivity index (χ3n) is 3.70. The van der Waals surface area contributed by atoms with Gasteiger partial charge < -0.3 is 9.47 Å². The van der Waals surface area contributed by atoms with Gasteiger partial charge in [-0.2, -0.15) is 0 Å². The van der Waals surface area contributed by atoms with Gasteiger partial charge in [-0.1, -0.05) is 0 Å². The number of hydrogen-bond acceptors (Lipinski definition) is 2. The molecule has 3 rings (SSSR count). The molecule has 0 aliphatic heterocycles. The normalized spacial score (nSPS) is 19.2. The first-order chi connectivity index (χ1) is 8.33. The van der Waals surface area contributed by atoms with Crippen LogP contribution in [0, 0.1) is 0 Å². The molecule has 0 amide bonds. The summed E-state index contributed by atoms with van der Waals surface area (Å²) in [5.74, 6) is 3.39. The van der Waals surface area contributed by atoms with Crippen molar-refractivity contribution in [3.63, 3.8) is 0 Å². The van der Waals surface area contributed by atoms with Gasteiger partial charge in [-0.05, 0) is 67.7 Å². The highest BCUT2D eigenvalue weighted by Crippen LogP contribution is 2.51. The van der Waals surface area contributed by atoms with Gasteiger partial charge in [0, 0.05) is 0 Å². The molecule has 2 heteroatoms. The van der Waals surface area contributed by atoms with Crippen molar-refractivity contribution in [3.8, 4) is 11.5 Å². The van der Waals surface area contributed by atoms with E-state index in [1.807, 2.05) is 6.92 Å². The zero-order valence-electron chi connectivity index (χ0n) is 10.7. The largest absolute Gasteiger partial charge is 0.493 e. The quantitative estimate of drug-likeness (QED) is 0.767. The first-order valence-electron chi connectivity index (χ1n) is 6.68. The molecular formula is C15H20O2. The summed E-state index contributed by atoms with van der Waals surface area (Å²) < 4.78 is 11.1. The molecule has 0 saturated heterocycles. The Balaban J connectivity index is 2.01. The molecule has 0 heterocycles. The van der Waals surface area contributed by atoms with Gasteiger partial charge in [0.2, 0.25) is 0 Å². The Morgan fingerprint density at radius 2 is 1.53 bits per heavy atom. The third kappa shape index (κ3) is 2.13. The molecule has 0 aromatic heterocycles. The van der Waals surface area contributed by atoms with Crippen molar-refractivity contribution in [1.82, 2.24) is 0 Å². The second kappa shape index (κ2) is 4.25. The summed E-state index contributed by atoms with van der Waals surface area (Å²) in [5, 5.41) is 0. The van der Waals surface area contributed by atoms with E-state index in [1.165, 1.54) is 36.8 Å². The van der Waals surface area contributed by atoms with Crippen LogP contribution in [0.25, 0.3) is 0 Å². The summed E-state index contributed by atoms with van der Waals surface area (Å²) >= 11 is 0. The Hall–Kier alpha value is -1.18. The molecule has 2 aliphatic rings. The topological polar surface area (TPSA) is 18.5 Å². The van der Waals surface area contributed by atoms with Crippen molar-refractivity contribution in [2.75, 3.05) is 13.7 Å². The first-order valence-corrected chi connectivity index (χ1v) is 6.68. The van der Waals surface area contributed by atoms with Crippen LogP contribution in [0.15, 0.2) is 12.1 Å². The van der Waals surface area contributed by atoms with Crippen molar-refractivity contribution in [2.24, 2.45) is 0 Å². The average Bonchev–Trinajstić information content (AvgIpc) is 3.18. The second-order valence-electron chi connectivity index (χ2n) is 5.11. The Kier molecular flexibility index (Phi) is 2.73. The minimum atomic E-state index is 0.698. The summed E-state index contributed by atoms with van der Waals surface area (Å²) in [6.45, 7) is 2.72. The third-order valence-corrected chi connectivity index (χ3v) is 3.70. The molecule has 0 bridgehead atoms. The van der Waals surface area contributed by atoms with Gasteiger partial charge in [-0.25, -0.2) is 0 Å². The summed E-state index contributed by atoms with van der Waals surface area (Å²) in [4.78, 5) is 0. The maximum Gasteiger partial charge on any atom is 0.161 e. The zero-order valence-corrected chi connectivity index (χ0v) is 10.7. The van der Waals surface area contributed by atoms with Crippen LogP contribution in [0.1, 0.15) is 55.6 Å². The summed E-state index contributed by atoms with van der Waals surface area (Å²) in [6.07, 6.45) is 5.38. The number of benzene rings is 1. The highest BCUT2D eigenvalue weighted by molar-refractivity contribution is 5.51. The minimum Gasteiger partial charge on any atom is -0.493 e. The van der Waals surface area contributed by atoms with Crippen LogP contribution in [0.2, 0.25) is 0 Å². The van der Waals surface area contributed by atoms with Crippen molar-refractivity contribution in [2.45, 2.75) is 44.4 Å². The van der Waals surface area contributed by atoms with Crippen LogP contribution in [0.4, 0.5) is 0 Å². The molecule has 1 aromatic rings. The molecule has 0 spiro atoms. The van der Waals surface area contributed by atoms with Gasteiger partial charge in [0.1, 0.15) is 0 Å². The fourth-order valence-electron chi connectivity index (χ4n) is 2.51. The van der Waals surface area contributed by atoms with Crippen molar-refractivity contribution in [1.29, 1.82) is 0 Å². The summed E-state index contributed by atoms with van der Waals surface area (Å²) in [7, 11) is 1.73. The molecule has 2 nitrogen and oxygen atoms in total. The van der Waals surface area contributed by atoms with Crippen LogP contribution < -0.4 is 9.47 Å². The highest BCUT2D eigenvalue weighted by atomic mass is 16.5. The van der Waals surface area contributed by atoms with Crippen LogP contribution in [-0.4, -0.2) is 13.7 Å². The smallest absolute Gasteiger partial charge is 0.161 e. The van der Waals surface area contributed by atoms with Gasteiger partial charge in [-0.15, -0.1) is 0 Å². The number of methoxy groups -OCH3 is 1. The molecular weight excluding hydrogens is 212 g/mol. The zero-order chi connectivity index (χ0) is 11.8. The SMILES string of the molecule is CCOc1cc(C2CC2)c(C2CC2)cc1OC. The Morgan fingerprint density at radius 1 is 1.00 bits per heavy atom. The predicted molar refractivity (Wildman–Crippen MR) is 68.1 cm³/mol. The van der Waals surface area contributed by atoms with Gasteiger partial charge in [0.05, 0.1) is 13.7 Å². The predicted octanol–water partition coefficient (Wildman–Crippen LogP) is 3.85. The average molecular weight is 232 g/mol. The fraction of sp³-hybridized carbons (Fsp3) is 0.600. The van der Waals surface area contributed by atoms with E-state index in [0.29, 0.717) is 6.61 Å². The number of ether oxygens (including phenoxy) is 2. The van der Waals surface area contributed by atoms with Gasteiger partial charge in [0.25, 0.3) is 0 Å². The molecule has 0 radical (unpaired) electrons. The number of rotatable bonds is 5. The maximum absolute atomic E-state index is 5.68. The number of hydrogen-bond donors (Lipinski definition) is 0. The molecule has 17 heavy (non-hydrogen) atoms. The lowest BCUT2D eigenvalue weighted by Crippen LogP contribution is -1.99. The second-order valence-corrected chi connectivity index (χ2v) is 5.11. The van der Waals surface area contributed by atoms with Crippen molar-refractivity contribution >= 4 is 0 Å². The van der Waals surface area contributed by atoms with Crippen molar-refractivity contribution in [3.05, 3.63) is 23.3 Å². The maximum atomic E-state index is 5.68. The van der Waals surface area contributed by atoms with Crippen molar-refractivity contribution < 1.29 is 9.47 Å². The summed E-state index contributed by atoms with van der Waals surface area (Å²) in [6, 6.07) is 4.45. The molecule has 92 valence electrons. The molecule has 0 atom stereocenters. The fourth-order valence-corrected chi connectivity index (χ4v) is 2.51. The van der Waals surface area contributed by atoms with E-state index < -0.39 is 0 Å². The van der Waals surface area contributed by atoms with Crippen LogP contribution in [0.5, 0.6) is 11.5 Å². The van der Waals surface area contributed by atoms with Crippen LogP contribution in [-0.2, 0) is 0 Å². The van der Waals surface area contributed by atoms with Gasteiger partial charge >= 0.3 is 0 Å². The lowest BCUT2D eigenvalue weighted by atomic mass is 9.98. The van der Waals surface area contributed by atoms with Gasteiger partial charge in [-0.3, -0.25) is 0 Å². The van der Waals surface area contributed by atoms with E-state index in [0.717, 1.165) is 23.3 Å². The standard InChI is InChI=1S/C15H20O2/c1-3-17-15-9-13(11-6-7-11)12(10-4-5-10)8-14(15)16-2/h8-11H,3-7H2,1-2H3. The Morgan fingerprint density at radius 3 is 1.94 bits per heavy atom. The van der Waals surface area contributed by atoms with E-state index in [-0.39, 0.29) is 0 Å². The van der Waals surface area contributed by atoms with E-state index in [9.17, 15) is 0 Å². The lowest BCUT2D eigenvalue weighted by molar-refractivity contribution is 0.310. The molecule has 0 unspecified atom stereocenters. The van der Waals surface area contributed by atoms with E-state index in [2.05, 4.69) is 12.1 Å². The summed E-state index contributed by atoms with van der Waals surface area (Å²) in [5.41, 5.74) is 3.05. The molecule has 1 aromatic carbocycles. The van der Waals surface area contributed by atoms with E-state index in [4.69, 9.17) is 9.47 Å². The molecule has 2 aliphatic carbocycles. The van der Waals surface area contributed by atoms with Crippen LogP contribution in [0.3, 0.4) is 0 Å². The molecule has 2 saturated carbocycles. The van der Waals surface area contributed by atoms with E-state index >= 15 is 0 Å². The molecule has 0 N–H and O–H groups in total. The Bertz CT molecular complexity index is 417. The monoisotopic (exact) mass is 232 g/mol. The first kappa shape index (κ1) is 10.9. The Labute approximate surface area is 103 Å². The van der Waals surface area contributed by atoms with Crippen LogP contribution >= 0.6 is 0 Å². The van der Waals surface area contributed by atoms with Gasteiger partial charge in [0.15, 0.2) is 11.5 Å². The highest BCUT2D eigenvalue weighted by Gasteiger charge is 2.33.